The van der Waals surface area contributed by atoms with Gasteiger partial charge in [0.1, 0.15) is 5.76 Å². The third-order valence-corrected chi connectivity index (χ3v) is 11.4. The lowest BCUT2D eigenvalue weighted by Crippen LogP contribution is -2.41. The Kier molecular flexibility index (Phi) is 10.8. The van der Waals surface area contributed by atoms with Crippen LogP contribution in [0.3, 0.4) is 0 Å². The quantitative estimate of drug-likeness (QED) is 0.132. The molecule has 4 nitrogen and oxygen atoms in total. The van der Waals surface area contributed by atoms with Crippen LogP contribution in [0.4, 0.5) is 0 Å². The highest BCUT2D eigenvalue weighted by molar-refractivity contribution is 6.74. The fourth-order valence-electron chi connectivity index (χ4n) is 3.90. The van der Waals surface area contributed by atoms with Crippen molar-refractivity contribution in [1.29, 1.82) is 0 Å². The van der Waals surface area contributed by atoms with Gasteiger partial charge in [-0.3, -0.25) is 4.79 Å². The number of aliphatic carboxylic acids is 1. The van der Waals surface area contributed by atoms with Crippen LogP contribution in [-0.2, 0) is 15.6 Å². The number of carboxylic acid groups (broad SMARTS) is 1. The molecule has 2 N–H and O–H groups in total. The lowest BCUT2D eigenvalue weighted by atomic mass is 9.93. The summed E-state index contributed by atoms with van der Waals surface area (Å²) >= 11 is 0. The van der Waals surface area contributed by atoms with Gasteiger partial charge in [0, 0.05) is 12.3 Å². The first-order valence-corrected chi connectivity index (χ1v) is 15.6. The standard InChI is InChI=1S/C29H44O4Si/c1-29(2,3)34(4,5)33-27(19-14-13-17-23-15-9-8-10-16-23)25-21-22-26(30)24(25)18-11-6-7-12-20-28(31)32/h6,8-11,15-16,19,21,24,26,30H,7,12-14,17-18,20,22H2,1-5H3,(H,31,32)/b11-6-,27-19?. The molecule has 1 aromatic rings. The number of unbranched alkanes of at least 4 members (excludes halogenated alkanes) is 2. The highest BCUT2D eigenvalue weighted by Crippen LogP contribution is 2.42. The summed E-state index contributed by atoms with van der Waals surface area (Å²) < 4.78 is 6.82. The van der Waals surface area contributed by atoms with E-state index in [2.05, 4.69) is 76.4 Å². The molecule has 2 rings (SSSR count). The molecular weight excluding hydrogens is 440 g/mol. The fraction of sp³-hybridized carbons (Fsp3) is 0.552. The summed E-state index contributed by atoms with van der Waals surface area (Å²) in [5.74, 6) is 0.219. The van der Waals surface area contributed by atoms with Gasteiger partial charge in [-0.25, -0.2) is 0 Å². The van der Waals surface area contributed by atoms with Crippen LogP contribution in [-0.4, -0.2) is 30.6 Å². The van der Waals surface area contributed by atoms with Gasteiger partial charge in [-0.05, 0) is 80.3 Å². The number of hydrogen-bond donors (Lipinski definition) is 2. The van der Waals surface area contributed by atoms with Crippen LogP contribution in [0, 0.1) is 5.92 Å². The van der Waals surface area contributed by atoms with Gasteiger partial charge in [-0.15, -0.1) is 0 Å². The van der Waals surface area contributed by atoms with Crippen LogP contribution in [0.5, 0.6) is 0 Å². The first kappa shape index (κ1) is 28.1. The Morgan fingerprint density at radius 2 is 1.82 bits per heavy atom. The summed E-state index contributed by atoms with van der Waals surface area (Å²) in [5.41, 5.74) is 2.48. The van der Waals surface area contributed by atoms with E-state index >= 15 is 0 Å². The lowest BCUT2D eigenvalue weighted by molar-refractivity contribution is -0.137. The Morgan fingerprint density at radius 1 is 1.12 bits per heavy atom. The van der Waals surface area contributed by atoms with Gasteiger partial charge in [0.05, 0.1) is 6.10 Å². The van der Waals surface area contributed by atoms with E-state index in [1.54, 1.807) is 0 Å². The van der Waals surface area contributed by atoms with Gasteiger partial charge in [0.2, 0.25) is 8.32 Å². The van der Waals surface area contributed by atoms with Crippen molar-refractivity contribution < 1.29 is 19.4 Å². The molecule has 1 aliphatic carbocycles. The van der Waals surface area contributed by atoms with Crippen LogP contribution < -0.4 is 0 Å². The maximum absolute atomic E-state index is 10.7. The summed E-state index contributed by atoms with van der Waals surface area (Å²) in [6.45, 7) is 11.3. The van der Waals surface area contributed by atoms with Crippen LogP contribution in [0.15, 0.2) is 66.0 Å². The molecule has 5 heteroatoms. The first-order chi connectivity index (χ1) is 16.0. The van der Waals surface area contributed by atoms with Crippen molar-refractivity contribution in [3.05, 3.63) is 71.5 Å². The Bertz CT molecular complexity index is 862. The molecule has 188 valence electrons. The zero-order valence-electron chi connectivity index (χ0n) is 21.7. The Labute approximate surface area is 207 Å². The minimum atomic E-state index is -2.04. The second-order valence-electron chi connectivity index (χ2n) is 10.9. The molecule has 2 unspecified atom stereocenters. The average molecular weight is 485 g/mol. The van der Waals surface area contributed by atoms with Crippen molar-refractivity contribution in [2.45, 2.75) is 96.4 Å². The van der Waals surface area contributed by atoms with Crippen LogP contribution >= 0.6 is 0 Å². The molecule has 1 aromatic carbocycles. The number of hydrogen-bond acceptors (Lipinski definition) is 3. The summed E-state index contributed by atoms with van der Waals surface area (Å²) in [4.78, 5) is 10.7. The van der Waals surface area contributed by atoms with Crippen LogP contribution in [0.1, 0.15) is 71.3 Å². The first-order valence-electron chi connectivity index (χ1n) is 12.7. The number of benzene rings is 1. The molecule has 0 radical (unpaired) electrons. The van der Waals surface area contributed by atoms with Crippen molar-refractivity contribution in [2.24, 2.45) is 5.92 Å². The van der Waals surface area contributed by atoms with Crippen LogP contribution in [0.25, 0.3) is 0 Å². The normalized spacial score (nSPS) is 19.5. The molecule has 0 saturated heterocycles. The van der Waals surface area contributed by atoms with Gasteiger partial charge >= 0.3 is 5.97 Å². The minimum absolute atomic E-state index is 0.0147. The second-order valence-corrected chi connectivity index (χ2v) is 15.6. The van der Waals surface area contributed by atoms with Crippen molar-refractivity contribution >= 4 is 14.3 Å². The van der Waals surface area contributed by atoms with Gasteiger partial charge in [-0.2, -0.15) is 0 Å². The molecule has 0 saturated carbocycles. The molecule has 2 atom stereocenters. The molecule has 0 aromatic heterocycles. The highest BCUT2D eigenvalue weighted by atomic mass is 28.4. The molecule has 1 aliphatic rings. The van der Waals surface area contributed by atoms with E-state index in [-0.39, 0.29) is 17.4 Å². The largest absolute Gasteiger partial charge is 0.544 e. The predicted molar refractivity (Wildman–Crippen MR) is 143 cm³/mol. The summed E-state index contributed by atoms with van der Waals surface area (Å²) in [5, 5.41) is 19.6. The summed E-state index contributed by atoms with van der Waals surface area (Å²) in [6, 6.07) is 10.6. The SMILES string of the molecule is CC(C)(C)[Si](C)(C)OC(=CCCCc1ccccc1)C1=CCC(O)C1C/C=C\CCCC(=O)O. The summed E-state index contributed by atoms with van der Waals surface area (Å²) in [6.07, 6.45) is 14.1. The molecule has 0 aliphatic heterocycles. The molecule has 0 amide bonds. The summed E-state index contributed by atoms with van der Waals surface area (Å²) in [7, 11) is -2.04. The van der Waals surface area contributed by atoms with Gasteiger partial charge in [-0.1, -0.05) is 69.3 Å². The van der Waals surface area contributed by atoms with Gasteiger partial charge < -0.3 is 14.6 Å². The van der Waals surface area contributed by atoms with Crippen molar-refractivity contribution in [3.63, 3.8) is 0 Å². The van der Waals surface area contributed by atoms with E-state index in [1.165, 1.54) is 5.56 Å². The molecule has 0 heterocycles. The van der Waals surface area contributed by atoms with Gasteiger partial charge in [0.15, 0.2) is 0 Å². The number of allylic oxidation sites excluding steroid dienone is 4. The highest BCUT2D eigenvalue weighted by Gasteiger charge is 2.41. The van der Waals surface area contributed by atoms with E-state index in [9.17, 15) is 9.90 Å². The Balaban J connectivity index is 2.11. The average Bonchev–Trinajstić information content (AvgIpc) is 3.12. The van der Waals surface area contributed by atoms with E-state index in [1.807, 2.05) is 12.1 Å². The third-order valence-electron chi connectivity index (χ3n) is 7.06. The van der Waals surface area contributed by atoms with E-state index in [0.717, 1.165) is 43.4 Å². The number of aryl methyl sites for hydroxylation is 1. The predicted octanol–water partition coefficient (Wildman–Crippen LogP) is 7.42. The zero-order valence-corrected chi connectivity index (χ0v) is 22.7. The fourth-order valence-corrected chi connectivity index (χ4v) is 4.96. The van der Waals surface area contributed by atoms with Crippen molar-refractivity contribution in [3.8, 4) is 0 Å². The lowest BCUT2D eigenvalue weighted by Gasteiger charge is -2.38. The van der Waals surface area contributed by atoms with Gasteiger partial charge in [0.25, 0.3) is 0 Å². The van der Waals surface area contributed by atoms with Crippen LogP contribution in [0.2, 0.25) is 18.1 Å². The number of aliphatic hydroxyl groups is 1. The maximum Gasteiger partial charge on any atom is 0.303 e. The molecule has 0 spiro atoms. The third kappa shape index (κ3) is 8.92. The topological polar surface area (TPSA) is 66.8 Å². The minimum Gasteiger partial charge on any atom is -0.544 e. The molecular formula is C29H44O4Si. The van der Waals surface area contributed by atoms with Crippen molar-refractivity contribution in [2.75, 3.05) is 0 Å². The molecule has 0 bridgehead atoms. The maximum atomic E-state index is 10.7. The van der Waals surface area contributed by atoms with E-state index < -0.39 is 20.4 Å². The number of rotatable bonds is 13. The zero-order chi connectivity index (χ0) is 25.2. The second kappa shape index (κ2) is 13.1. The molecule has 34 heavy (non-hydrogen) atoms. The van der Waals surface area contributed by atoms with E-state index in [4.69, 9.17) is 9.53 Å². The Morgan fingerprint density at radius 3 is 2.47 bits per heavy atom. The van der Waals surface area contributed by atoms with Crippen molar-refractivity contribution in [1.82, 2.24) is 0 Å². The molecule has 0 fully saturated rings. The number of carboxylic acids is 1. The number of aliphatic hydroxyl groups excluding tert-OH is 1. The number of carbonyl (C=O) groups is 1. The monoisotopic (exact) mass is 484 g/mol. The smallest absolute Gasteiger partial charge is 0.303 e. The van der Waals surface area contributed by atoms with E-state index in [0.29, 0.717) is 12.8 Å². The Hall–Kier alpha value is -2.11.